The van der Waals surface area contributed by atoms with Crippen LogP contribution in [0.25, 0.3) is 0 Å². The molecule has 0 amide bonds. The molecule has 1 aromatic rings. The lowest BCUT2D eigenvalue weighted by Crippen LogP contribution is -2.49. The molecule has 0 unspecified atom stereocenters. The van der Waals surface area contributed by atoms with Crippen LogP contribution in [0.1, 0.15) is 24.0 Å². The van der Waals surface area contributed by atoms with E-state index in [1.165, 1.54) is 16.8 Å². The van der Waals surface area contributed by atoms with Crippen molar-refractivity contribution in [2.45, 2.75) is 38.9 Å². The lowest BCUT2D eigenvalue weighted by Gasteiger charge is -2.37. The third-order valence-electron chi connectivity index (χ3n) is 5.40. The Morgan fingerprint density at radius 2 is 2.04 bits per heavy atom. The first kappa shape index (κ1) is 18.6. The van der Waals surface area contributed by atoms with Crippen LogP contribution in [0.15, 0.2) is 18.2 Å². The molecule has 1 aromatic carbocycles. The molecular formula is C20H32N2O3. The van der Waals surface area contributed by atoms with Gasteiger partial charge in [0.25, 0.3) is 0 Å². The number of ether oxygens (including phenoxy) is 2. The van der Waals surface area contributed by atoms with Crippen LogP contribution in [0, 0.1) is 13.8 Å². The van der Waals surface area contributed by atoms with Gasteiger partial charge in [0.05, 0.1) is 25.4 Å². The second-order valence-corrected chi connectivity index (χ2v) is 7.33. The maximum absolute atomic E-state index is 10.2. The number of piperazine rings is 1. The smallest absolute Gasteiger partial charge is 0.0900 e. The van der Waals surface area contributed by atoms with Crippen molar-refractivity contribution < 1.29 is 14.6 Å². The van der Waals surface area contributed by atoms with Gasteiger partial charge in [-0.25, -0.2) is 0 Å². The summed E-state index contributed by atoms with van der Waals surface area (Å²) in [6, 6.07) is 6.52. The number of anilines is 1. The number of benzene rings is 1. The average Bonchev–Trinajstić information content (AvgIpc) is 3.12. The van der Waals surface area contributed by atoms with E-state index in [-0.39, 0.29) is 6.10 Å². The monoisotopic (exact) mass is 348 g/mol. The molecule has 0 spiro atoms. The van der Waals surface area contributed by atoms with Crippen molar-refractivity contribution in [3.8, 4) is 0 Å². The third-order valence-corrected chi connectivity index (χ3v) is 5.40. The van der Waals surface area contributed by atoms with Crippen molar-refractivity contribution in [2.24, 2.45) is 0 Å². The van der Waals surface area contributed by atoms with Gasteiger partial charge in [0.1, 0.15) is 0 Å². The lowest BCUT2D eigenvalue weighted by atomic mass is 10.1. The van der Waals surface area contributed by atoms with Gasteiger partial charge in [-0.1, -0.05) is 12.1 Å². The van der Waals surface area contributed by atoms with Gasteiger partial charge >= 0.3 is 0 Å². The summed E-state index contributed by atoms with van der Waals surface area (Å²) in [5.41, 5.74) is 4.07. The zero-order chi connectivity index (χ0) is 17.6. The van der Waals surface area contributed by atoms with Gasteiger partial charge < -0.3 is 19.5 Å². The van der Waals surface area contributed by atoms with Crippen LogP contribution in [0.3, 0.4) is 0 Å². The maximum Gasteiger partial charge on any atom is 0.0900 e. The number of rotatable bonds is 7. The van der Waals surface area contributed by atoms with E-state index in [9.17, 15) is 5.11 Å². The van der Waals surface area contributed by atoms with Crippen molar-refractivity contribution >= 4 is 5.69 Å². The predicted molar refractivity (Wildman–Crippen MR) is 100 cm³/mol. The Bertz CT molecular complexity index is 538. The summed E-state index contributed by atoms with van der Waals surface area (Å²) in [5, 5.41) is 10.2. The average molecular weight is 348 g/mol. The Balaban J connectivity index is 1.37. The molecule has 3 rings (SSSR count). The van der Waals surface area contributed by atoms with E-state index >= 15 is 0 Å². The Hall–Kier alpha value is -1.14. The van der Waals surface area contributed by atoms with Crippen LogP contribution in [0.4, 0.5) is 5.69 Å². The van der Waals surface area contributed by atoms with Crippen LogP contribution < -0.4 is 4.90 Å². The summed E-state index contributed by atoms with van der Waals surface area (Å²) in [4.78, 5) is 4.79. The number of β-amino-alcohol motifs (C(OH)–C–C–N with tert-alkyl or cyclic N) is 1. The molecule has 2 atom stereocenters. The van der Waals surface area contributed by atoms with Gasteiger partial charge in [0.15, 0.2) is 0 Å². The molecule has 140 valence electrons. The number of aliphatic hydroxyl groups is 1. The first-order valence-electron chi connectivity index (χ1n) is 9.54. The van der Waals surface area contributed by atoms with E-state index in [4.69, 9.17) is 9.47 Å². The fourth-order valence-corrected chi connectivity index (χ4v) is 3.71. The topological polar surface area (TPSA) is 45.2 Å². The highest BCUT2D eigenvalue weighted by atomic mass is 16.5. The quantitative estimate of drug-likeness (QED) is 0.816. The highest BCUT2D eigenvalue weighted by Gasteiger charge is 2.21. The van der Waals surface area contributed by atoms with Gasteiger partial charge in [-0.05, 0) is 43.9 Å². The first-order valence-corrected chi connectivity index (χ1v) is 9.54. The lowest BCUT2D eigenvalue weighted by molar-refractivity contribution is -0.0254. The fourth-order valence-electron chi connectivity index (χ4n) is 3.71. The van der Waals surface area contributed by atoms with E-state index in [0.717, 1.165) is 45.6 Å². The Morgan fingerprint density at radius 3 is 2.76 bits per heavy atom. The molecule has 1 N–H and O–H groups in total. The van der Waals surface area contributed by atoms with Gasteiger partial charge in [-0.15, -0.1) is 0 Å². The molecule has 0 bridgehead atoms. The minimum absolute atomic E-state index is 0.230. The zero-order valence-corrected chi connectivity index (χ0v) is 15.6. The van der Waals surface area contributed by atoms with Gasteiger partial charge in [0.2, 0.25) is 0 Å². The molecule has 0 radical (unpaired) electrons. The second-order valence-electron chi connectivity index (χ2n) is 7.33. The van der Waals surface area contributed by atoms with E-state index < -0.39 is 6.10 Å². The highest BCUT2D eigenvalue weighted by Crippen LogP contribution is 2.23. The second kappa shape index (κ2) is 8.99. The Kier molecular flexibility index (Phi) is 6.70. The number of nitrogens with zero attached hydrogens (tertiary/aromatic N) is 2. The Morgan fingerprint density at radius 1 is 1.24 bits per heavy atom. The van der Waals surface area contributed by atoms with Gasteiger partial charge in [-0.3, -0.25) is 4.90 Å². The molecule has 25 heavy (non-hydrogen) atoms. The van der Waals surface area contributed by atoms with Gasteiger partial charge in [-0.2, -0.15) is 0 Å². The summed E-state index contributed by atoms with van der Waals surface area (Å²) in [6.45, 7) is 10.9. The van der Waals surface area contributed by atoms with E-state index in [0.29, 0.717) is 19.8 Å². The van der Waals surface area contributed by atoms with Crippen LogP contribution >= 0.6 is 0 Å². The summed E-state index contributed by atoms with van der Waals surface area (Å²) < 4.78 is 11.2. The van der Waals surface area contributed by atoms with E-state index in [1.54, 1.807) is 0 Å². The number of hydrogen-bond acceptors (Lipinski definition) is 5. The molecule has 5 heteroatoms. The number of aryl methyl sites for hydroxylation is 1. The number of aliphatic hydroxyl groups excluding tert-OH is 1. The van der Waals surface area contributed by atoms with E-state index in [1.807, 2.05) is 0 Å². The molecular weight excluding hydrogens is 316 g/mol. The zero-order valence-electron chi connectivity index (χ0n) is 15.6. The summed E-state index contributed by atoms with van der Waals surface area (Å²) >= 11 is 0. The maximum atomic E-state index is 10.2. The molecule has 2 fully saturated rings. The van der Waals surface area contributed by atoms with Crippen LogP contribution in [0.2, 0.25) is 0 Å². The van der Waals surface area contributed by atoms with Crippen molar-refractivity contribution in [3.63, 3.8) is 0 Å². The molecule has 0 saturated carbocycles. The van der Waals surface area contributed by atoms with Crippen molar-refractivity contribution in [1.29, 1.82) is 0 Å². The largest absolute Gasteiger partial charge is 0.389 e. The predicted octanol–water partition coefficient (Wildman–Crippen LogP) is 1.98. The standard InChI is InChI=1S/C20H32N2O3/c1-16-5-3-7-20(17(16)2)22-10-8-21(9-11-22)13-18(23)14-24-15-19-6-4-12-25-19/h3,5,7,18-19,23H,4,6,8-15H2,1-2H3/t18-,19-/m0/s1. The molecule has 0 aromatic heterocycles. The summed E-state index contributed by atoms with van der Waals surface area (Å²) in [5.74, 6) is 0. The van der Waals surface area contributed by atoms with Crippen molar-refractivity contribution in [3.05, 3.63) is 29.3 Å². The van der Waals surface area contributed by atoms with Crippen LogP contribution in [-0.4, -0.2) is 74.8 Å². The van der Waals surface area contributed by atoms with Crippen molar-refractivity contribution in [1.82, 2.24) is 4.90 Å². The number of hydrogen-bond donors (Lipinski definition) is 1. The molecule has 2 aliphatic rings. The highest BCUT2D eigenvalue weighted by molar-refractivity contribution is 5.56. The third kappa shape index (κ3) is 5.17. The fraction of sp³-hybridized carbons (Fsp3) is 0.700. The summed E-state index contributed by atoms with van der Waals surface area (Å²) in [6.07, 6.45) is 2.01. The summed E-state index contributed by atoms with van der Waals surface area (Å²) in [7, 11) is 0. The minimum atomic E-state index is -0.423. The molecule has 2 saturated heterocycles. The van der Waals surface area contributed by atoms with E-state index in [2.05, 4.69) is 41.8 Å². The van der Waals surface area contributed by atoms with Crippen LogP contribution in [-0.2, 0) is 9.47 Å². The molecule has 0 aliphatic carbocycles. The van der Waals surface area contributed by atoms with Gasteiger partial charge in [0, 0.05) is 45.0 Å². The molecule has 2 aliphatic heterocycles. The molecule has 5 nitrogen and oxygen atoms in total. The van der Waals surface area contributed by atoms with Crippen LogP contribution in [0.5, 0.6) is 0 Å². The van der Waals surface area contributed by atoms with Crippen molar-refractivity contribution in [2.75, 3.05) is 57.4 Å². The minimum Gasteiger partial charge on any atom is -0.389 e. The SMILES string of the molecule is Cc1cccc(N2CCN(C[C@H](O)COC[C@@H]3CCCO3)CC2)c1C. The molecule has 2 heterocycles. The first-order chi connectivity index (χ1) is 12.1. The normalized spacial score (nSPS) is 23.2. The Labute approximate surface area is 151 Å².